The molecular formula is C17H18FN5O3S. The molecule has 8 nitrogen and oxygen atoms in total. The van der Waals surface area contributed by atoms with Gasteiger partial charge in [-0.1, -0.05) is 0 Å². The Morgan fingerprint density at radius 2 is 2.04 bits per heavy atom. The first-order valence-electron chi connectivity index (χ1n) is 8.38. The molecule has 0 aromatic carbocycles. The quantitative estimate of drug-likeness (QED) is 0.768. The number of aromatic nitrogens is 2. The van der Waals surface area contributed by atoms with Gasteiger partial charge in [-0.3, -0.25) is 9.59 Å². The van der Waals surface area contributed by atoms with Crippen molar-refractivity contribution in [2.45, 2.75) is 13.0 Å². The molecule has 0 spiro atoms. The third kappa shape index (κ3) is 2.80. The van der Waals surface area contributed by atoms with Crippen LogP contribution in [-0.4, -0.2) is 61.0 Å². The topological polar surface area (TPSA) is 78.9 Å². The Hall–Kier alpha value is -2.75. The molecule has 0 aliphatic carbocycles. The van der Waals surface area contributed by atoms with Crippen molar-refractivity contribution in [2.24, 2.45) is 0 Å². The molecule has 0 N–H and O–H groups in total. The lowest BCUT2D eigenvalue weighted by Gasteiger charge is -2.27. The summed E-state index contributed by atoms with van der Waals surface area (Å²) in [5.41, 5.74) is 1.59. The third-order valence-electron chi connectivity index (χ3n) is 4.83. The van der Waals surface area contributed by atoms with Crippen LogP contribution >= 0.6 is 11.3 Å². The van der Waals surface area contributed by atoms with E-state index >= 15 is 0 Å². The summed E-state index contributed by atoms with van der Waals surface area (Å²) in [5.74, 6) is -0.596. The van der Waals surface area contributed by atoms with Crippen LogP contribution < -0.4 is 14.5 Å². The van der Waals surface area contributed by atoms with Crippen molar-refractivity contribution < 1.29 is 18.7 Å². The van der Waals surface area contributed by atoms with Crippen LogP contribution in [-0.2, 0) is 17.8 Å². The van der Waals surface area contributed by atoms with Gasteiger partial charge in [-0.25, -0.2) is 4.98 Å². The van der Waals surface area contributed by atoms with Gasteiger partial charge in [0.05, 0.1) is 25.4 Å². The molecule has 2 amide bonds. The molecule has 0 atom stereocenters. The van der Waals surface area contributed by atoms with Crippen LogP contribution in [0, 0.1) is 5.82 Å². The van der Waals surface area contributed by atoms with Gasteiger partial charge in [0.1, 0.15) is 11.5 Å². The van der Waals surface area contributed by atoms with E-state index in [-0.39, 0.29) is 24.2 Å². The van der Waals surface area contributed by atoms with Crippen LogP contribution in [0.3, 0.4) is 0 Å². The summed E-state index contributed by atoms with van der Waals surface area (Å²) in [5, 5.41) is 0.679. The number of carbonyl (C=O) groups is 2. The lowest BCUT2D eigenvalue weighted by atomic mass is 10.0. The number of fused-ring (bicyclic) bond motifs is 3. The minimum absolute atomic E-state index is 0.0703. The summed E-state index contributed by atoms with van der Waals surface area (Å²) in [6.45, 7) is 1.14. The lowest BCUT2D eigenvalue weighted by molar-refractivity contribution is -0.118. The van der Waals surface area contributed by atoms with Gasteiger partial charge in [0, 0.05) is 25.5 Å². The highest BCUT2D eigenvalue weighted by Gasteiger charge is 2.35. The molecule has 4 rings (SSSR count). The number of hydrogen-bond acceptors (Lipinski definition) is 7. The van der Waals surface area contributed by atoms with Crippen molar-refractivity contribution in [1.82, 2.24) is 14.9 Å². The fourth-order valence-corrected chi connectivity index (χ4v) is 4.67. The highest BCUT2D eigenvalue weighted by Crippen LogP contribution is 2.41. The van der Waals surface area contributed by atoms with E-state index in [4.69, 9.17) is 4.74 Å². The van der Waals surface area contributed by atoms with E-state index in [0.717, 1.165) is 16.6 Å². The SMILES string of the molecule is COc1nc(N2CCc3c(sc4c3C(=O)N(C)CC(=O)N4C)C2)ncc1F. The Bertz CT molecular complexity index is 947. The number of likely N-dealkylation sites (N-methyl/N-ethyl adjacent to an activating group) is 2. The first-order valence-corrected chi connectivity index (χ1v) is 9.20. The normalized spacial score (nSPS) is 17.0. The Kier molecular flexibility index (Phi) is 4.22. The van der Waals surface area contributed by atoms with E-state index in [2.05, 4.69) is 9.97 Å². The van der Waals surface area contributed by atoms with Crippen LogP contribution in [0.4, 0.5) is 15.3 Å². The van der Waals surface area contributed by atoms with Gasteiger partial charge in [-0.15, -0.1) is 11.3 Å². The summed E-state index contributed by atoms with van der Waals surface area (Å²) in [7, 11) is 4.69. The molecule has 142 valence electrons. The van der Waals surface area contributed by atoms with Crippen molar-refractivity contribution in [3.8, 4) is 5.88 Å². The number of halogens is 1. The highest BCUT2D eigenvalue weighted by atomic mass is 32.1. The van der Waals surface area contributed by atoms with E-state index in [1.54, 1.807) is 19.0 Å². The lowest BCUT2D eigenvalue weighted by Crippen LogP contribution is -2.36. The van der Waals surface area contributed by atoms with Gasteiger partial charge >= 0.3 is 0 Å². The average molecular weight is 391 g/mol. The molecule has 0 saturated carbocycles. The van der Waals surface area contributed by atoms with E-state index in [1.807, 2.05) is 4.90 Å². The minimum atomic E-state index is -0.615. The maximum absolute atomic E-state index is 13.6. The molecule has 2 aliphatic rings. The van der Waals surface area contributed by atoms with Gasteiger partial charge in [0.15, 0.2) is 0 Å². The van der Waals surface area contributed by atoms with E-state index < -0.39 is 5.82 Å². The van der Waals surface area contributed by atoms with Crippen molar-refractivity contribution in [3.05, 3.63) is 28.0 Å². The van der Waals surface area contributed by atoms with E-state index in [1.165, 1.54) is 23.3 Å². The van der Waals surface area contributed by atoms with Crippen molar-refractivity contribution >= 4 is 34.1 Å². The van der Waals surface area contributed by atoms with Gasteiger partial charge in [-0.05, 0) is 12.0 Å². The Balaban J connectivity index is 1.71. The molecule has 4 heterocycles. The average Bonchev–Trinajstić information content (AvgIpc) is 3.02. The first-order chi connectivity index (χ1) is 12.9. The van der Waals surface area contributed by atoms with Gasteiger partial charge in [0.25, 0.3) is 11.8 Å². The van der Waals surface area contributed by atoms with E-state index in [0.29, 0.717) is 36.0 Å². The zero-order valence-corrected chi connectivity index (χ0v) is 16.0. The maximum atomic E-state index is 13.6. The van der Waals surface area contributed by atoms with Gasteiger partial charge < -0.3 is 19.4 Å². The fraction of sp³-hybridized carbons (Fsp3) is 0.412. The number of methoxy groups -OCH3 is 1. The summed E-state index contributed by atoms with van der Waals surface area (Å²) in [4.78, 5) is 39.2. The van der Waals surface area contributed by atoms with Crippen molar-refractivity contribution in [1.29, 1.82) is 0 Å². The minimum Gasteiger partial charge on any atom is -0.479 e. The number of hydrogen-bond donors (Lipinski definition) is 0. The predicted octanol–water partition coefficient (Wildman–Crippen LogP) is 1.30. The van der Waals surface area contributed by atoms with Crippen molar-refractivity contribution in [3.63, 3.8) is 0 Å². The van der Waals surface area contributed by atoms with Crippen LogP contribution in [0.5, 0.6) is 5.88 Å². The maximum Gasteiger partial charge on any atom is 0.257 e. The Morgan fingerprint density at radius 1 is 1.26 bits per heavy atom. The predicted molar refractivity (Wildman–Crippen MR) is 98.0 cm³/mol. The summed E-state index contributed by atoms with van der Waals surface area (Å²) in [6, 6.07) is 0. The number of carbonyl (C=O) groups excluding carboxylic acids is 2. The molecule has 0 saturated heterocycles. The van der Waals surface area contributed by atoms with Crippen LogP contribution in [0.2, 0.25) is 0 Å². The van der Waals surface area contributed by atoms with Crippen LogP contribution in [0.25, 0.3) is 0 Å². The summed E-state index contributed by atoms with van der Waals surface area (Å²) < 4.78 is 18.5. The highest BCUT2D eigenvalue weighted by molar-refractivity contribution is 7.17. The second-order valence-electron chi connectivity index (χ2n) is 6.50. The second-order valence-corrected chi connectivity index (χ2v) is 7.58. The first kappa shape index (κ1) is 17.7. The zero-order valence-electron chi connectivity index (χ0n) is 15.2. The van der Waals surface area contributed by atoms with Crippen LogP contribution in [0.15, 0.2) is 6.20 Å². The molecule has 0 fully saturated rings. The Labute approximate surface area is 159 Å². The summed E-state index contributed by atoms with van der Waals surface area (Å²) >= 11 is 1.44. The number of nitrogens with zero attached hydrogens (tertiary/aromatic N) is 5. The Morgan fingerprint density at radius 3 is 2.78 bits per heavy atom. The van der Waals surface area contributed by atoms with E-state index in [9.17, 15) is 14.0 Å². The standard InChI is InChI=1S/C17H18FN5O3S/c1-21-8-12(24)22(2)16-13(15(21)25)9-4-5-23(7-11(9)27-16)17-19-6-10(18)14(20-17)26-3/h6H,4-5,7-8H2,1-3H3. The monoisotopic (exact) mass is 391 g/mol. The number of thiophene rings is 1. The number of amides is 2. The molecular weight excluding hydrogens is 373 g/mol. The molecule has 2 aliphatic heterocycles. The molecule has 2 aromatic rings. The molecule has 2 aromatic heterocycles. The van der Waals surface area contributed by atoms with Gasteiger partial charge in [0.2, 0.25) is 17.7 Å². The second kappa shape index (κ2) is 6.45. The van der Waals surface area contributed by atoms with Crippen molar-refractivity contribution in [2.75, 3.05) is 44.1 Å². The fourth-order valence-electron chi connectivity index (χ4n) is 3.34. The molecule has 0 radical (unpaired) electrons. The number of rotatable bonds is 2. The third-order valence-corrected chi connectivity index (χ3v) is 6.12. The molecule has 0 bridgehead atoms. The number of anilines is 2. The zero-order chi connectivity index (χ0) is 19.3. The smallest absolute Gasteiger partial charge is 0.257 e. The largest absolute Gasteiger partial charge is 0.479 e. The van der Waals surface area contributed by atoms with Crippen LogP contribution in [0.1, 0.15) is 20.8 Å². The number of ether oxygens (including phenoxy) is 1. The van der Waals surface area contributed by atoms with Gasteiger partial charge in [-0.2, -0.15) is 9.37 Å². The molecule has 0 unspecified atom stereocenters. The molecule has 27 heavy (non-hydrogen) atoms. The molecule has 10 heteroatoms. The summed E-state index contributed by atoms with van der Waals surface area (Å²) in [6.07, 6.45) is 1.71.